The molecule has 0 spiro atoms. The summed E-state index contributed by atoms with van der Waals surface area (Å²) in [7, 11) is -3.96. The summed E-state index contributed by atoms with van der Waals surface area (Å²) < 4.78 is 37.7. The van der Waals surface area contributed by atoms with Crippen molar-refractivity contribution in [2.45, 2.75) is 26.7 Å². The maximum Gasteiger partial charge on any atom is 0.296 e. The van der Waals surface area contributed by atoms with Crippen LogP contribution in [0, 0.1) is 17.7 Å². The van der Waals surface area contributed by atoms with Crippen LogP contribution >= 0.6 is 0 Å². The normalized spacial score (nSPS) is 17.3. The van der Waals surface area contributed by atoms with Crippen LogP contribution in [0.2, 0.25) is 0 Å². The van der Waals surface area contributed by atoms with E-state index >= 15 is 0 Å². The molecule has 1 heterocycles. The maximum atomic E-state index is 13.9. The van der Waals surface area contributed by atoms with Crippen LogP contribution < -0.4 is 14.8 Å². The lowest BCUT2D eigenvalue weighted by molar-refractivity contribution is 0.311. The van der Waals surface area contributed by atoms with E-state index in [2.05, 4.69) is 18.7 Å². The summed E-state index contributed by atoms with van der Waals surface area (Å²) >= 11 is 0. The van der Waals surface area contributed by atoms with E-state index in [1.807, 2.05) is 4.72 Å². The minimum absolute atomic E-state index is 0.127. The Morgan fingerprint density at radius 1 is 1.33 bits per heavy atom. The van der Waals surface area contributed by atoms with Gasteiger partial charge in [-0.05, 0) is 42.9 Å². The van der Waals surface area contributed by atoms with Gasteiger partial charge in [-0.2, -0.15) is 8.42 Å². The Kier molecular flexibility index (Phi) is 4.73. The van der Waals surface area contributed by atoms with Crippen molar-refractivity contribution in [2.75, 3.05) is 22.7 Å². The largest absolute Gasteiger partial charge is 0.371 e. The molecule has 0 aliphatic carbocycles. The smallest absolute Gasteiger partial charge is 0.296 e. The van der Waals surface area contributed by atoms with Crippen LogP contribution in [0.3, 0.4) is 0 Å². The number of nitrogens with one attached hydrogen (secondary N) is 1. The van der Waals surface area contributed by atoms with Gasteiger partial charge in [0.05, 0.1) is 5.69 Å². The van der Waals surface area contributed by atoms with Gasteiger partial charge < -0.3 is 4.90 Å². The molecule has 1 fully saturated rings. The third-order valence-corrected chi connectivity index (χ3v) is 4.56. The molecule has 0 saturated carbocycles. The SMILES string of the molecule is CC(C)C1CCN(c2ccc(NS(N)(=O)=O)c(F)c2)CC1. The lowest BCUT2D eigenvalue weighted by atomic mass is 9.86. The third kappa shape index (κ3) is 4.31. The number of rotatable bonds is 4. The molecule has 0 aromatic heterocycles. The first kappa shape index (κ1) is 16.0. The third-order valence-electron chi connectivity index (χ3n) is 4.05. The number of nitrogens with two attached hydrogens (primary N) is 1. The zero-order valence-corrected chi connectivity index (χ0v) is 13.2. The summed E-state index contributed by atoms with van der Waals surface area (Å²) in [5.41, 5.74) is 0.646. The molecule has 2 rings (SSSR count). The van der Waals surface area contributed by atoms with E-state index in [0.29, 0.717) is 5.92 Å². The zero-order valence-electron chi connectivity index (χ0n) is 12.3. The highest BCUT2D eigenvalue weighted by Gasteiger charge is 2.22. The van der Waals surface area contributed by atoms with Crippen molar-refractivity contribution in [3.63, 3.8) is 0 Å². The van der Waals surface area contributed by atoms with Gasteiger partial charge in [-0.25, -0.2) is 9.53 Å². The van der Waals surface area contributed by atoms with Crippen molar-refractivity contribution in [1.29, 1.82) is 0 Å². The predicted octanol–water partition coefficient (Wildman–Crippen LogP) is 2.31. The molecule has 1 aliphatic rings. The molecular formula is C14H22FN3O2S. The number of anilines is 2. The van der Waals surface area contributed by atoms with Crippen molar-refractivity contribution >= 4 is 21.6 Å². The number of halogens is 1. The molecule has 0 bridgehead atoms. The molecule has 21 heavy (non-hydrogen) atoms. The molecule has 7 heteroatoms. The molecule has 1 aromatic carbocycles. The van der Waals surface area contributed by atoms with Crippen molar-refractivity contribution < 1.29 is 12.8 Å². The second kappa shape index (κ2) is 6.19. The summed E-state index contributed by atoms with van der Waals surface area (Å²) in [6, 6.07) is 4.47. The number of piperidine rings is 1. The molecule has 0 radical (unpaired) electrons. The molecule has 5 nitrogen and oxygen atoms in total. The van der Waals surface area contributed by atoms with Gasteiger partial charge in [-0.1, -0.05) is 13.8 Å². The second-order valence-electron chi connectivity index (χ2n) is 5.88. The number of benzene rings is 1. The summed E-state index contributed by atoms with van der Waals surface area (Å²) in [5, 5.41) is 4.84. The topological polar surface area (TPSA) is 75.4 Å². The van der Waals surface area contributed by atoms with E-state index < -0.39 is 16.0 Å². The molecule has 0 atom stereocenters. The average molecular weight is 315 g/mol. The Morgan fingerprint density at radius 3 is 2.43 bits per heavy atom. The number of hydrogen-bond acceptors (Lipinski definition) is 3. The van der Waals surface area contributed by atoms with Crippen LogP contribution in [0.15, 0.2) is 18.2 Å². The standard InChI is InChI=1S/C14H22FN3O2S/c1-10(2)11-5-7-18(8-6-11)12-3-4-14(13(15)9-12)17-21(16,19)20/h3-4,9-11,17H,5-8H2,1-2H3,(H2,16,19,20). The summed E-state index contributed by atoms with van der Waals surface area (Å²) in [6.45, 7) is 6.25. The molecule has 118 valence electrons. The first-order valence-corrected chi connectivity index (χ1v) is 8.66. The van der Waals surface area contributed by atoms with Crippen LogP contribution in [0.25, 0.3) is 0 Å². The molecule has 3 N–H and O–H groups in total. The van der Waals surface area contributed by atoms with Gasteiger partial charge in [-0.3, -0.25) is 4.72 Å². The zero-order chi connectivity index (χ0) is 15.6. The lowest BCUT2D eigenvalue weighted by Gasteiger charge is -2.35. The Morgan fingerprint density at radius 2 is 1.95 bits per heavy atom. The lowest BCUT2D eigenvalue weighted by Crippen LogP contribution is -2.35. The highest BCUT2D eigenvalue weighted by atomic mass is 32.2. The fourth-order valence-corrected chi connectivity index (χ4v) is 3.23. The van der Waals surface area contributed by atoms with E-state index in [0.717, 1.165) is 37.5 Å². The monoisotopic (exact) mass is 315 g/mol. The highest BCUT2D eigenvalue weighted by molar-refractivity contribution is 7.90. The number of nitrogens with zero attached hydrogens (tertiary/aromatic N) is 1. The summed E-state index contributed by atoms with van der Waals surface area (Å²) in [5.74, 6) is 0.771. The van der Waals surface area contributed by atoms with Gasteiger partial charge in [0.2, 0.25) is 0 Å². The Balaban J connectivity index is 2.07. The fourth-order valence-electron chi connectivity index (χ4n) is 2.76. The van der Waals surface area contributed by atoms with E-state index in [-0.39, 0.29) is 5.69 Å². The van der Waals surface area contributed by atoms with Gasteiger partial charge in [0.15, 0.2) is 0 Å². The first-order valence-electron chi connectivity index (χ1n) is 7.11. The molecule has 0 unspecified atom stereocenters. The van der Waals surface area contributed by atoms with E-state index in [4.69, 9.17) is 5.14 Å². The Bertz CT molecular complexity index is 596. The van der Waals surface area contributed by atoms with Gasteiger partial charge >= 0.3 is 0 Å². The quantitative estimate of drug-likeness (QED) is 0.895. The van der Waals surface area contributed by atoms with Crippen molar-refractivity contribution in [1.82, 2.24) is 0 Å². The van der Waals surface area contributed by atoms with Gasteiger partial charge in [-0.15, -0.1) is 0 Å². The van der Waals surface area contributed by atoms with Crippen molar-refractivity contribution in [3.05, 3.63) is 24.0 Å². The average Bonchev–Trinajstić information content (AvgIpc) is 2.40. The molecule has 1 aliphatic heterocycles. The molecule has 1 saturated heterocycles. The maximum absolute atomic E-state index is 13.9. The van der Waals surface area contributed by atoms with Crippen LogP contribution in [-0.4, -0.2) is 21.5 Å². The van der Waals surface area contributed by atoms with Crippen LogP contribution in [0.4, 0.5) is 15.8 Å². The van der Waals surface area contributed by atoms with Crippen LogP contribution in [0.1, 0.15) is 26.7 Å². The van der Waals surface area contributed by atoms with Crippen LogP contribution in [-0.2, 0) is 10.2 Å². The number of hydrogen-bond donors (Lipinski definition) is 2. The second-order valence-corrected chi connectivity index (χ2v) is 7.17. The molecular weight excluding hydrogens is 293 g/mol. The van der Waals surface area contributed by atoms with E-state index in [9.17, 15) is 12.8 Å². The minimum Gasteiger partial charge on any atom is -0.371 e. The van der Waals surface area contributed by atoms with Gasteiger partial charge in [0, 0.05) is 18.8 Å². The fraction of sp³-hybridized carbons (Fsp3) is 0.571. The highest BCUT2D eigenvalue weighted by Crippen LogP contribution is 2.29. The molecule has 0 amide bonds. The van der Waals surface area contributed by atoms with Crippen LogP contribution in [0.5, 0.6) is 0 Å². The van der Waals surface area contributed by atoms with E-state index in [1.54, 1.807) is 6.07 Å². The van der Waals surface area contributed by atoms with Gasteiger partial charge in [0.1, 0.15) is 5.82 Å². The minimum atomic E-state index is -3.96. The Hall–Kier alpha value is -1.34. The molecule has 1 aromatic rings. The summed E-state index contributed by atoms with van der Waals surface area (Å²) in [6.07, 6.45) is 2.19. The first-order chi connectivity index (χ1) is 9.76. The van der Waals surface area contributed by atoms with E-state index in [1.165, 1.54) is 12.1 Å². The predicted molar refractivity (Wildman–Crippen MR) is 82.9 cm³/mol. The van der Waals surface area contributed by atoms with Crippen molar-refractivity contribution in [3.8, 4) is 0 Å². The summed E-state index contributed by atoms with van der Waals surface area (Å²) in [4.78, 5) is 2.13. The Labute approximate surface area is 125 Å². The van der Waals surface area contributed by atoms with Gasteiger partial charge in [0.25, 0.3) is 10.2 Å². The van der Waals surface area contributed by atoms with Crippen molar-refractivity contribution in [2.24, 2.45) is 17.0 Å².